The highest BCUT2D eigenvalue weighted by Gasteiger charge is 2.31. The third-order valence-electron chi connectivity index (χ3n) is 5.20. The van der Waals surface area contributed by atoms with E-state index in [-0.39, 0.29) is 18.5 Å². The lowest BCUT2D eigenvalue weighted by atomic mass is 10.0. The van der Waals surface area contributed by atoms with Gasteiger partial charge in [-0.15, -0.1) is 11.3 Å². The van der Waals surface area contributed by atoms with Crippen molar-refractivity contribution in [2.75, 3.05) is 18.5 Å². The zero-order chi connectivity index (χ0) is 21.8. The second kappa shape index (κ2) is 9.72. The Labute approximate surface area is 193 Å². The van der Waals surface area contributed by atoms with Crippen LogP contribution in [-0.4, -0.2) is 30.0 Å². The number of amides is 1. The maximum Gasteiger partial charge on any atom is 0.341 e. The summed E-state index contributed by atoms with van der Waals surface area (Å²) in [5, 5.41) is 3.47. The van der Waals surface area contributed by atoms with E-state index in [1.165, 1.54) is 28.0 Å². The smallest absolute Gasteiger partial charge is 0.341 e. The van der Waals surface area contributed by atoms with Crippen LogP contribution in [0.5, 0.6) is 0 Å². The Kier molecular flexibility index (Phi) is 6.80. The van der Waals surface area contributed by atoms with E-state index in [9.17, 15) is 9.59 Å². The number of carbonyl (C=O) groups is 2. The van der Waals surface area contributed by atoms with E-state index in [2.05, 4.69) is 50.5 Å². The van der Waals surface area contributed by atoms with Crippen LogP contribution in [0.2, 0.25) is 0 Å². The minimum atomic E-state index is -0.380. The van der Waals surface area contributed by atoms with Gasteiger partial charge in [0.15, 0.2) is 0 Å². The zero-order valence-electron chi connectivity index (χ0n) is 17.1. The van der Waals surface area contributed by atoms with Crippen molar-refractivity contribution in [1.82, 2.24) is 4.98 Å². The molecule has 0 fully saturated rings. The molecule has 0 radical (unpaired) electrons. The Balaban J connectivity index is 1.60. The standard InChI is InChI=1S/C23H22BrN3O3S/c1-2-30-23(29)20-18-8-9-27(13-15-6-4-3-5-7-15)14-19(18)31-22(20)26-21(28)16-10-17(24)12-25-11-16/h3-7,10-12H,2,8-9,13-14H2,1H3,(H,26,28)/p+1. The molecule has 1 amide bonds. The lowest BCUT2D eigenvalue weighted by Crippen LogP contribution is -3.10. The number of rotatable bonds is 6. The van der Waals surface area contributed by atoms with E-state index in [0.717, 1.165) is 41.0 Å². The van der Waals surface area contributed by atoms with Gasteiger partial charge in [-0.25, -0.2) is 4.79 Å². The Hall–Kier alpha value is -2.55. The normalized spacial score (nSPS) is 15.2. The summed E-state index contributed by atoms with van der Waals surface area (Å²) in [4.78, 5) is 32.2. The number of thiophene rings is 1. The Morgan fingerprint density at radius 2 is 2.06 bits per heavy atom. The highest BCUT2D eigenvalue weighted by molar-refractivity contribution is 9.10. The molecule has 0 saturated carbocycles. The van der Waals surface area contributed by atoms with Gasteiger partial charge in [0.25, 0.3) is 5.91 Å². The fourth-order valence-electron chi connectivity index (χ4n) is 3.79. The number of anilines is 1. The molecule has 3 heterocycles. The summed E-state index contributed by atoms with van der Waals surface area (Å²) >= 11 is 4.81. The van der Waals surface area contributed by atoms with Crippen molar-refractivity contribution < 1.29 is 19.2 Å². The van der Waals surface area contributed by atoms with Gasteiger partial charge in [0, 0.05) is 28.9 Å². The van der Waals surface area contributed by atoms with E-state index in [0.29, 0.717) is 16.1 Å². The number of ether oxygens (including phenoxy) is 1. The second-order valence-corrected chi connectivity index (χ2v) is 9.38. The second-order valence-electron chi connectivity index (χ2n) is 7.36. The van der Waals surface area contributed by atoms with Gasteiger partial charge in [-0.2, -0.15) is 0 Å². The van der Waals surface area contributed by atoms with Crippen molar-refractivity contribution >= 4 is 44.1 Å². The minimum absolute atomic E-state index is 0.289. The molecule has 1 aliphatic heterocycles. The van der Waals surface area contributed by atoms with E-state index in [1.807, 2.05) is 6.07 Å². The van der Waals surface area contributed by atoms with E-state index < -0.39 is 0 Å². The summed E-state index contributed by atoms with van der Waals surface area (Å²) in [6, 6.07) is 12.1. The van der Waals surface area contributed by atoms with E-state index >= 15 is 0 Å². The van der Waals surface area contributed by atoms with Crippen LogP contribution in [0.4, 0.5) is 5.00 Å². The lowest BCUT2D eigenvalue weighted by molar-refractivity contribution is -0.929. The van der Waals surface area contributed by atoms with Gasteiger partial charge in [-0.3, -0.25) is 9.78 Å². The first-order chi connectivity index (χ1) is 15.0. The van der Waals surface area contributed by atoms with Gasteiger partial charge in [0.1, 0.15) is 18.1 Å². The number of hydrogen-bond donors (Lipinski definition) is 2. The van der Waals surface area contributed by atoms with Crippen LogP contribution in [0, 0.1) is 0 Å². The molecule has 1 aliphatic rings. The zero-order valence-corrected chi connectivity index (χ0v) is 19.5. The predicted octanol–water partition coefficient (Wildman–Crippen LogP) is 3.48. The fourth-order valence-corrected chi connectivity index (χ4v) is 5.46. The van der Waals surface area contributed by atoms with Crippen molar-refractivity contribution in [3.8, 4) is 0 Å². The van der Waals surface area contributed by atoms with Gasteiger partial charge < -0.3 is 15.0 Å². The molecule has 31 heavy (non-hydrogen) atoms. The fraction of sp³-hybridized carbons (Fsp3) is 0.261. The number of nitrogens with zero attached hydrogens (tertiary/aromatic N) is 1. The van der Waals surface area contributed by atoms with Gasteiger partial charge in [-0.05, 0) is 34.5 Å². The van der Waals surface area contributed by atoms with Crippen molar-refractivity contribution in [2.24, 2.45) is 0 Å². The van der Waals surface area contributed by atoms with Crippen molar-refractivity contribution in [2.45, 2.75) is 26.4 Å². The summed E-state index contributed by atoms with van der Waals surface area (Å²) < 4.78 is 6.03. The van der Waals surface area contributed by atoms with Gasteiger partial charge in [0.05, 0.1) is 29.2 Å². The molecule has 4 rings (SSSR count). The highest BCUT2D eigenvalue weighted by Crippen LogP contribution is 2.35. The molecule has 1 atom stereocenters. The molecule has 0 aliphatic carbocycles. The number of nitrogens with one attached hydrogen (secondary N) is 2. The van der Waals surface area contributed by atoms with Crippen LogP contribution in [0.1, 0.15) is 43.6 Å². The summed E-state index contributed by atoms with van der Waals surface area (Å²) in [5.41, 5.74) is 3.21. The molecule has 8 heteroatoms. The van der Waals surface area contributed by atoms with Crippen LogP contribution < -0.4 is 10.2 Å². The number of halogens is 1. The Morgan fingerprint density at radius 1 is 1.26 bits per heavy atom. The van der Waals surface area contributed by atoms with Crippen LogP contribution in [0.3, 0.4) is 0 Å². The monoisotopic (exact) mass is 500 g/mol. The van der Waals surface area contributed by atoms with Crippen molar-refractivity contribution in [1.29, 1.82) is 0 Å². The summed E-state index contributed by atoms with van der Waals surface area (Å²) in [6.07, 6.45) is 3.90. The third kappa shape index (κ3) is 5.03. The maximum atomic E-state index is 12.8. The summed E-state index contributed by atoms with van der Waals surface area (Å²) in [6.45, 7) is 4.74. The molecule has 1 unspecified atom stereocenters. The first kappa shape index (κ1) is 21.7. The van der Waals surface area contributed by atoms with Gasteiger partial charge >= 0.3 is 5.97 Å². The molecule has 0 saturated heterocycles. The first-order valence-electron chi connectivity index (χ1n) is 10.2. The molecule has 6 nitrogen and oxygen atoms in total. The van der Waals surface area contributed by atoms with E-state index in [1.54, 1.807) is 19.2 Å². The number of carbonyl (C=O) groups excluding carboxylic acids is 2. The quantitative estimate of drug-likeness (QED) is 0.508. The molecular formula is C23H23BrN3O3S+. The number of aromatic nitrogens is 1. The number of quaternary nitrogens is 1. The molecule has 0 bridgehead atoms. The molecule has 1 aromatic carbocycles. The average Bonchev–Trinajstić information content (AvgIpc) is 3.11. The van der Waals surface area contributed by atoms with Crippen LogP contribution >= 0.6 is 27.3 Å². The average molecular weight is 501 g/mol. The number of pyridine rings is 1. The topological polar surface area (TPSA) is 72.7 Å². The van der Waals surface area contributed by atoms with Crippen LogP contribution in [-0.2, 0) is 24.2 Å². The molecule has 2 aromatic heterocycles. The van der Waals surface area contributed by atoms with Crippen molar-refractivity contribution in [3.63, 3.8) is 0 Å². The highest BCUT2D eigenvalue weighted by atomic mass is 79.9. The first-order valence-corrected chi connectivity index (χ1v) is 11.8. The minimum Gasteiger partial charge on any atom is -0.462 e. The Morgan fingerprint density at radius 3 is 2.81 bits per heavy atom. The third-order valence-corrected chi connectivity index (χ3v) is 6.78. The number of hydrogen-bond acceptors (Lipinski definition) is 5. The Bertz CT molecular complexity index is 1100. The molecule has 160 valence electrons. The van der Waals surface area contributed by atoms with E-state index in [4.69, 9.17) is 4.74 Å². The SMILES string of the molecule is CCOC(=O)c1c(NC(=O)c2cncc(Br)c2)sc2c1CC[NH+](Cc1ccccc1)C2. The largest absolute Gasteiger partial charge is 0.462 e. The maximum absolute atomic E-state index is 12.8. The summed E-state index contributed by atoms with van der Waals surface area (Å²) in [7, 11) is 0. The van der Waals surface area contributed by atoms with Gasteiger partial charge in [0.2, 0.25) is 0 Å². The van der Waals surface area contributed by atoms with Crippen LogP contribution in [0.15, 0.2) is 53.3 Å². The number of esters is 1. The molecule has 0 spiro atoms. The summed E-state index contributed by atoms with van der Waals surface area (Å²) in [5.74, 6) is -0.680. The van der Waals surface area contributed by atoms with Crippen LogP contribution in [0.25, 0.3) is 0 Å². The molecule has 3 aromatic rings. The lowest BCUT2D eigenvalue weighted by Gasteiger charge is -2.24. The van der Waals surface area contributed by atoms with Crippen molar-refractivity contribution in [3.05, 3.63) is 80.4 Å². The number of benzene rings is 1. The predicted molar refractivity (Wildman–Crippen MR) is 124 cm³/mol. The number of fused-ring (bicyclic) bond motifs is 1. The van der Waals surface area contributed by atoms with Gasteiger partial charge in [-0.1, -0.05) is 30.3 Å². The molecular weight excluding hydrogens is 478 g/mol. The molecule has 2 N–H and O–H groups in total.